The summed E-state index contributed by atoms with van der Waals surface area (Å²) in [5.74, 6) is 0.627. The van der Waals surface area contributed by atoms with Gasteiger partial charge in [-0.25, -0.2) is 23.4 Å². The minimum Gasteiger partial charge on any atom is -0.338 e. The Balaban J connectivity index is 1.53. The van der Waals surface area contributed by atoms with E-state index in [0.717, 1.165) is 22.3 Å². The molecule has 0 bridgehead atoms. The SMILES string of the molecule is Cc1cc(-c2cnc(N3CCN(S(C)(=O)=O)CC3)nc2)cn2ccnc12. The van der Waals surface area contributed by atoms with Gasteiger partial charge in [-0.05, 0) is 18.6 Å². The van der Waals surface area contributed by atoms with Crippen LogP contribution >= 0.6 is 0 Å². The topological polar surface area (TPSA) is 83.7 Å². The highest BCUT2D eigenvalue weighted by Gasteiger charge is 2.24. The van der Waals surface area contributed by atoms with Crippen LogP contribution in [0.5, 0.6) is 0 Å². The van der Waals surface area contributed by atoms with E-state index in [4.69, 9.17) is 0 Å². The van der Waals surface area contributed by atoms with E-state index in [1.54, 1.807) is 6.20 Å². The van der Waals surface area contributed by atoms with Crippen molar-refractivity contribution in [2.24, 2.45) is 0 Å². The van der Waals surface area contributed by atoms with Crippen molar-refractivity contribution in [1.82, 2.24) is 23.7 Å². The number of anilines is 1. The molecule has 4 heterocycles. The van der Waals surface area contributed by atoms with Crippen molar-refractivity contribution in [2.45, 2.75) is 6.92 Å². The molecule has 3 aromatic heterocycles. The monoisotopic (exact) mass is 372 g/mol. The summed E-state index contributed by atoms with van der Waals surface area (Å²) < 4.78 is 26.7. The van der Waals surface area contributed by atoms with Crippen LogP contribution in [0.25, 0.3) is 16.8 Å². The van der Waals surface area contributed by atoms with Crippen molar-refractivity contribution < 1.29 is 8.42 Å². The average molecular weight is 372 g/mol. The zero-order valence-electron chi connectivity index (χ0n) is 14.7. The predicted octanol–water partition coefficient (Wildman–Crippen LogP) is 1.18. The Hall–Kier alpha value is -2.52. The Kier molecular flexibility index (Phi) is 4.12. The summed E-state index contributed by atoms with van der Waals surface area (Å²) >= 11 is 0. The van der Waals surface area contributed by atoms with E-state index in [9.17, 15) is 8.42 Å². The zero-order chi connectivity index (χ0) is 18.3. The quantitative estimate of drug-likeness (QED) is 0.687. The lowest BCUT2D eigenvalue weighted by Crippen LogP contribution is -2.48. The number of sulfonamides is 1. The molecular weight excluding hydrogens is 352 g/mol. The first-order valence-corrected chi connectivity index (χ1v) is 10.2. The van der Waals surface area contributed by atoms with Crippen LogP contribution in [-0.4, -0.2) is 64.5 Å². The molecule has 0 N–H and O–H groups in total. The molecule has 1 aliphatic rings. The second-order valence-corrected chi connectivity index (χ2v) is 8.47. The molecule has 4 rings (SSSR count). The number of piperazine rings is 1. The maximum absolute atomic E-state index is 11.6. The molecule has 0 radical (unpaired) electrons. The standard InChI is InChI=1S/C17H20N6O2S/c1-13-9-14(12-22-4-3-18-16(13)22)15-10-19-17(20-11-15)21-5-7-23(8-6-21)26(2,24)25/h3-4,9-12H,5-8H2,1-2H3. The smallest absolute Gasteiger partial charge is 0.225 e. The molecule has 26 heavy (non-hydrogen) atoms. The first-order valence-electron chi connectivity index (χ1n) is 8.37. The molecule has 8 nitrogen and oxygen atoms in total. The first-order chi connectivity index (χ1) is 12.4. The van der Waals surface area contributed by atoms with Gasteiger partial charge in [-0.15, -0.1) is 0 Å². The minimum atomic E-state index is -3.13. The van der Waals surface area contributed by atoms with Crippen molar-refractivity contribution in [3.05, 3.63) is 42.6 Å². The maximum atomic E-state index is 11.6. The third kappa shape index (κ3) is 3.15. The van der Waals surface area contributed by atoms with Gasteiger partial charge in [-0.2, -0.15) is 4.31 Å². The van der Waals surface area contributed by atoms with Crippen molar-refractivity contribution >= 4 is 21.6 Å². The van der Waals surface area contributed by atoms with E-state index < -0.39 is 10.0 Å². The summed E-state index contributed by atoms with van der Waals surface area (Å²) in [5.41, 5.74) is 3.99. The van der Waals surface area contributed by atoms with Gasteiger partial charge in [0.1, 0.15) is 5.65 Å². The number of fused-ring (bicyclic) bond motifs is 1. The number of imidazole rings is 1. The molecule has 0 amide bonds. The lowest BCUT2D eigenvalue weighted by Gasteiger charge is -2.33. The lowest BCUT2D eigenvalue weighted by molar-refractivity contribution is 0.385. The second-order valence-electron chi connectivity index (χ2n) is 6.49. The Morgan fingerprint density at radius 3 is 2.35 bits per heavy atom. The average Bonchev–Trinajstić information content (AvgIpc) is 3.10. The molecule has 1 saturated heterocycles. The number of nitrogens with zero attached hydrogens (tertiary/aromatic N) is 6. The van der Waals surface area contributed by atoms with E-state index in [-0.39, 0.29) is 0 Å². The number of rotatable bonds is 3. The highest BCUT2D eigenvalue weighted by atomic mass is 32.2. The van der Waals surface area contributed by atoms with Crippen LogP contribution in [0.3, 0.4) is 0 Å². The van der Waals surface area contributed by atoms with Gasteiger partial charge in [0.2, 0.25) is 16.0 Å². The van der Waals surface area contributed by atoms with E-state index in [1.807, 2.05) is 41.0 Å². The van der Waals surface area contributed by atoms with Gasteiger partial charge in [-0.1, -0.05) is 0 Å². The van der Waals surface area contributed by atoms with Crippen LogP contribution in [0.4, 0.5) is 5.95 Å². The number of aryl methyl sites for hydroxylation is 1. The van der Waals surface area contributed by atoms with Gasteiger partial charge in [0.15, 0.2) is 0 Å². The van der Waals surface area contributed by atoms with Gasteiger partial charge in [0.05, 0.1) is 6.26 Å². The zero-order valence-corrected chi connectivity index (χ0v) is 15.5. The molecule has 0 spiro atoms. The molecule has 1 aliphatic heterocycles. The molecule has 0 saturated carbocycles. The lowest BCUT2D eigenvalue weighted by atomic mass is 10.1. The van der Waals surface area contributed by atoms with E-state index >= 15 is 0 Å². The fourth-order valence-electron chi connectivity index (χ4n) is 3.22. The summed E-state index contributed by atoms with van der Waals surface area (Å²) in [6, 6.07) is 2.07. The Morgan fingerprint density at radius 1 is 1.00 bits per heavy atom. The van der Waals surface area contributed by atoms with Crippen molar-refractivity contribution in [3.63, 3.8) is 0 Å². The van der Waals surface area contributed by atoms with Crippen LogP contribution in [0.1, 0.15) is 5.56 Å². The van der Waals surface area contributed by atoms with Gasteiger partial charge < -0.3 is 9.30 Å². The normalized spacial score (nSPS) is 16.3. The van der Waals surface area contributed by atoms with Gasteiger partial charge in [0, 0.05) is 68.3 Å². The number of hydrogen-bond donors (Lipinski definition) is 0. The molecular formula is C17H20N6O2S. The van der Waals surface area contributed by atoms with E-state index in [2.05, 4.69) is 21.0 Å². The molecule has 0 unspecified atom stereocenters. The number of aromatic nitrogens is 4. The minimum absolute atomic E-state index is 0.459. The van der Waals surface area contributed by atoms with Crippen LogP contribution < -0.4 is 4.90 Å². The first kappa shape index (κ1) is 16.9. The van der Waals surface area contributed by atoms with Crippen LogP contribution in [-0.2, 0) is 10.0 Å². The summed E-state index contributed by atoms with van der Waals surface area (Å²) in [6.45, 7) is 4.13. The molecule has 136 valence electrons. The van der Waals surface area contributed by atoms with Crippen LogP contribution in [0.15, 0.2) is 37.1 Å². The van der Waals surface area contributed by atoms with E-state index in [1.165, 1.54) is 10.6 Å². The molecule has 0 atom stereocenters. The second kappa shape index (κ2) is 6.33. The summed E-state index contributed by atoms with van der Waals surface area (Å²) in [5, 5.41) is 0. The summed E-state index contributed by atoms with van der Waals surface area (Å²) in [6.07, 6.45) is 10.6. The van der Waals surface area contributed by atoms with E-state index in [0.29, 0.717) is 32.1 Å². The fourth-order valence-corrected chi connectivity index (χ4v) is 4.05. The Morgan fingerprint density at radius 2 is 1.69 bits per heavy atom. The third-order valence-electron chi connectivity index (χ3n) is 4.63. The molecule has 1 fully saturated rings. The molecule has 9 heteroatoms. The van der Waals surface area contributed by atoms with Crippen molar-refractivity contribution in [1.29, 1.82) is 0 Å². The Labute approximate surface area is 152 Å². The number of hydrogen-bond acceptors (Lipinski definition) is 6. The molecule has 3 aromatic rings. The fraction of sp³-hybridized carbons (Fsp3) is 0.353. The summed E-state index contributed by atoms with van der Waals surface area (Å²) in [4.78, 5) is 15.3. The molecule has 0 aliphatic carbocycles. The van der Waals surface area contributed by atoms with Gasteiger partial charge in [0.25, 0.3) is 0 Å². The highest BCUT2D eigenvalue weighted by molar-refractivity contribution is 7.88. The van der Waals surface area contributed by atoms with Crippen LogP contribution in [0.2, 0.25) is 0 Å². The van der Waals surface area contributed by atoms with Crippen LogP contribution in [0, 0.1) is 6.92 Å². The van der Waals surface area contributed by atoms with Gasteiger partial charge >= 0.3 is 0 Å². The van der Waals surface area contributed by atoms with Crippen molar-refractivity contribution in [3.8, 4) is 11.1 Å². The maximum Gasteiger partial charge on any atom is 0.225 e. The number of pyridine rings is 1. The Bertz CT molecular complexity index is 1040. The van der Waals surface area contributed by atoms with Gasteiger partial charge in [-0.3, -0.25) is 0 Å². The third-order valence-corrected chi connectivity index (χ3v) is 5.94. The van der Waals surface area contributed by atoms with Crippen molar-refractivity contribution in [2.75, 3.05) is 37.3 Å². The highest BCUT2D eigenvalue weighted by Crippen LogP contribution is 2.22. The predicted molar refractivity (Wildman–Crippen MR) is 99.6 cm³/mol. The largest absolute Gasteiger partial charge is 0.338 e. The summed E-state index contributed by atoms with van der Waals surface area (Å²) in [7, 11) is -3.13. The molecule has 0 aromatic carbocycles.